The van der Waals surface area contributed by atoms with E-state index in [0.717, 1.165) is 6.42 Å². The first kappa shape index (κ1) is 11.8. The lowest BCUT2D eigenvalue weighted by Gasteiger charge is -2.35. The fourth-order valence-corrected chi connectivity index (χ4v) is 2.02. The predicted molar refractivity (Wildman–Crippen MR) is 53.5 cm³/mol. The van der Waals surface area contributed by atoms with Gasteiger partial charge in [0.05, 0.1) is 7.11 Å². The van der Waals surface area contributed by atoms with Gasteiger partial charge < -0.3 is 14.7 Å². The van der Waals surface area contributed by atoms with E-state index in [-0.39, 0.29) is 24.3 Å². The average Bonchev–Trinajstić information content (AvgIpc) is 2.19. The molecule has 86 valence electrons. The Kier molecular flexibility index (Phi) is 3.94. The molecule has 2 atom stereocenters. The number of carbonyl (C=O) groups excluding carboxylic acids is 1. The third kappa shape index (κ3) is 3.11. The van der Waals surface area contributed by atoms with Gasteiger partial charge in [0, 0.05) is 19.5 Å². The first-order chi connectivity index (χ1) is 7.04. The lowest BCUT2D eigenvalue weighted by atomic mass is 9.85. The zero-order valence-corrected chi connectivity index (χ0v) is 9.10. The fourth-order valence-electron chi connectivity index (χ4n) is 2.02. The highest BCUT2D eigenvalue weighted by Crippen LogP contribution is 2.26. The van der Waals surface area contributed by atoms with Crippen LogP contribution in [0.3, 0.4) is 0 Å². The smallest absolute Gasteiger partial charge is 0.409 e. The van der Waals surface area contributed by atoms with E-state index in [0.29, 0.717) is 13.1 Å². The van der Waals surface area contributed by atoms with Gasteiger partial charge in [-0.1, -0.05) is 6.92 Å². The zero-order valence-electron chi connectivity index (χ0n) is 9.10. The molecule has 0 aliphatic carbocycles. The van der Waals surface area contributed by atoms with Crippen molar-refractivity contribution in [2.45, 2.75) is 19.8 Å². The average molecular weight is 215 g/mol. The van der Waals surface area contributed by atoms with Crippen molar-refractivity contribution in [3.8, 4) is 0 Å². The van der Waals surface area contributed by atoms with Crippen LogP contribution in [0.2, 0.25) is 0 Å². The van der Waals surface area contributed by atoms with Gasteiger partial charge in [-0.3, -0.25) is 4.79 Å². The predicted octanol–water partition coefficient (Wildman–Crippen LogP) is 1.19. The van der Waals surface area contributed by atoms with Crippen molar-refractivity contribution in [3.05, 3.63) is 0 Å². The minimum atomic E-state index is -0.765. The van der Waals surface area contributed by atoms with Crippen LogP contribution in [0.15, 0.2) is 0 Å². The molecule has 1 aliphatic heterocycles. The first-order valence-corrected chi connectivity index (χ1v) is 5.09. The van der Waals surface area contributed by atoms with E-state index in [4.69, 9.17) is 5.11 Å². The van der Waals surface area contributed by atoms with Gasteiger partial charge in [-0.2, -0.15) is 0 Å². The summed E-state index contributed by atoms with van der Waals surface area (Å²) in [4.78, 5) is 23.4. The van der Waals surface area contributed by atoms with Gasteiger partial charge in [0.2, 0.25) is 0 Å². The summed E-state index contributed by atoms with van der Waals surface area (Å²) in [6, 6.07) is 0. The lowest BCUT2D eigenvalue weighted by Crippen LogP contribution is -2.43. The van der Waals surface area contributed by atoms with Crippen LogP contribution < -0.4 is 0 Å². The van der Waals surface area contributed by atoms with Crippen molar-refractivity contribution in [1.82, 2.24) is 4.90 Å². The molecule has 0 aromatic rings. The molecule has 0 aromatic heterocycles. The molecule has 2 unspecified atom stereocenters. The van der Waals surface area contributed by atoms with E-state index in [1.54, 1.807) is 4.90 Å². The maximum atomic E-state index is 11.2. The molecule has 1 saturated heterocycles. The van der Waals surface area contributed by atoms with Gasteiger partial charge >= 0.3 is 12.1 Å². The van der Waals surface area contributed by atoms with E-state index in [1.807, 2.05) is 6.92 Å². The van der Waals surface area contributed by atoms with Crippen LogP contribution in [0.4, 0.5) is 4.79 Å². The van der Waals surface area contributed by atoms with Crippen LogP contribution in [-0.4, -0.2) is 42.3 Å². The summed E-state index contributed by atoms with van der Waals surface area (Å²) in [6.07, 6.45) is 0.606. The zero-order chi connectivity index (χ0) is 11.4. The largest absolute Gasteiger partial charge is 0.481 e. The topological polar surface area (TPSA) is 66.8 Å². The SMILES string of the molecule is COC(=O)N1CCC(CC(=O)O)C(C)C1. The maximum absolute atomic E-state index is 11.2. The molecule has 1 amide bonds. The Balaban J connectivity index is 2.47. The Morgan fingerprint density at radius 1 is 1.53 bits per heavy atom. The molecule has 1 rings (SSSR count). The molecule has 1 N–H and O–H groups in total. The monoisotopic (exact) mass is 215 g/mol. The molecule has 0 aromatic carbocycles. The van der Waals surface area contributed by atoms with Crippen molar-refractivity contribution >= 4 is 12.1 Å². The van der Waals surface area contributed by atoms with E-state index >= 15 is 0 Å². The van der Waals surface area contributed by atoms with Crippen LogP contribution in [0.25, 0.3) is 0 Å². The Morgan fingerprint density at radius 2 is 2.20 bits per heavy atom. The molecule has 1 aliphatic rings. The summed E-state index contributed by atoms with van der Waals surface area (Å²) < 4.78 is 4.63. The molecule has 1 heterocycles. The summed E-state index contributed by atoms with van der Waals surface area (Å²) in [7, 11) is 1.36. The van der Waals surface area contributed by atoms with Gasteiger partial charge in [-0.25, -0.2) is 4.79 Å². The molecular formula is C10H17NO4. The second-order valence-electron chi connectivity index (χ2n) is 4.04. The number of carboxylic acids is 1. The summed E-state index contributed by atoms with van der Waals surface area (Å²) in [5, 5.41) is 8.70. The van der Waals surface area contributed by atoms with E-state index < -0.39 is 5.97 Å². The number of amides is 1. The number of nitrogens with zero attached hydrogens (tertiary/aromatic N) is 1. The standard InChI is InChI=1S/C10H17NO4/c1-7-6-11(10(14)15-2)4-3-8(7)5-9(12)13/h7-8H,3-6H2,1-2H3,(H,12,13). The minimum Gasteiger partial charge on any atom is -0.481 e. The number of methoxy groups -OCH3 is 1. The number of carbonyl (C=O) groups is 2. The van der Waals surface area contributed by atoms with E-state index in [2.05, 4.69) is 4.74 Å². The number of aliphatic carboxylic acids is 1. The Hall–Kier alpha value is -1.26. The molecule has 0 spiro atoms. The quantitative estimate of drug-likeness (QED) is 0.751. The molecular weight excluding hydrogens is 198 g/mol. The lowest BCUT2D eigenvalue weighted by molar-refractivity contribution is -0.138. The number of carboxylic acid groups (broad SMARTS) is 1. The fraction of sp³-hybridized carbons (Fsp3) is 0.800. The Bertz CT molecular complexity index is 254. The van der Waals surface area contributed by atoms with E-state index in [1.165, 1.54) is 7.11 Å². The van der Waals surface area contributed by atoms with Crippen molar-refractivity contribution in [2.75, 3.05) is 20.2 Å². The van der Waals surface area contributed by atoms with Crippen LogP contribution in [-0.2, 0) is 9.53 Å². The second-order valence-corrected chi connectivity index (χ2v) is 4.04. The number of ether oxygens (including phenoxy) is 1. The van der Waals surface area contributed by atoms with Crippen LogP contribution in [0, 0.1) is 11.8 Å². The summed E-state index contributed by atoms with van der Waals surface area (Å²) in [6.45, 7) is 3.16. The molecule has 5 heteroatoms. The molecule has 15 heavy (non-hydrogen) atoms. The second kappa shape index (κ2) is 5.00. The van der Waals surface area contributed by atoms with Crippen molar-refractivity contribution < 1.29 is 19.4 Å². The third-order valence-corrected chi connectivity index (χ3v) is 2.95. The Morgan fingerprint density at radius 3 is 2.67 bits per heavy atom. The summed E-state index contributed by atoms with van der Waals surface area (Å²) in [5.74, 6) is -0.379. The highest BCUT2D eigenvalue weighted by atomic mass is 16.5. The number of hydrogen-bond acceptors (Lipinski definition) is 3. The van der Waals surface area contributed by atoms with Gasteiger partial charge in [0.25, 0.3) is 0 Å². The summed E-state index contributed by atoms with van der Waals surface area (Å²) in [5.41, 5.74) is 0. The van der Waals surface area contributed by atoms with Gasteiger partial charge in [0.1, 0.15) is 0 Å². The molecule has 1 fully saturated rings. The highest BCUT2D eigenvalue weighted by molar-refractivity contribution is 5.68. The summed E-state index contributed by atoms with van der Waals surface area (Å²) >= 11 is 0. The number of piperidine rings is 1. The van der Waals surface area contributed by atoms with Gasteiger partial charge in [-0.05, 0) is 18.3 Å². The number of rotatable bonds is 2. The Labute approximate surface area is 89.0 Å². The van der Waals surface area contributed by atoms with Crippen molar-refractivity contribution in [1.29, 1.82) is 0 Å². The molecule has 5 nitrogen and oxygen atoms in total. The molecule has 0 radical (unpaired) electrons. The first-order valence-electron chi connectivity index (χ1n) is 5.09. The molecule has 0 saturated carbocycles. The number of likely N-dealkylation sites (tertiary alicyclic amines) is 1. The third-order valence-electron chi connectivity index (χ3n) is 2.95. The van der Waals surface area contributed by atoms with Crippen molar-refractivity contribution in [2.24, 2.45) is 11.8 Å². The normalized spacial score (nSPS) is 26.1. The van der Waals surface area contributed by atoms with Gasteiger partial charge in [-0.15, -0.1) is 0 Å². The minimum absolute atomic E-state index is 0.170. The van der Waals surface area contributed by atoms with Crippen LogP contribution >= 0.6 is 0 Å². The maximum Gasteiger partial charge on any atom is 0.409 e. The molecule has 0 bridgehead atoms. The highest BCUT2D eigenvalue weighted by Gasteiger charge is 2.30. The van der Waals surface area contributed by atoms with E-state index in [9.17, 15) is 9.59 Å². The van der Waals surface area contributed by atoms with Crippen molar-refractivity contribution in [3.63, 3.8) is 0 Å². The van der Waals surface area contributed by atoms with Crippen LogP contribution in [0.1, 0.15) is 19.8 Å². The van der Waals surface area contributed by atoms with Gasteiger partial charge in [0.15, 0.2) is 0 Å². The van der Waals surface area contributed by atoms with Crippen LogP contribution in [0.5, 0.6) is 0 Å². The number of hydrogen-bond donors (Lipinski definition) is 1.